The number of phenolic OH excluding ortho intramolecular Hbond substituents is 1. The van der Waals surface area contributed by atoms with Crippen LogP contribution in [0.1, 0.15) is 50.9 Å². The first kappa shape index (κ1) is 25.2. The van der Waals surface area contributed by atoms with E-state index in [0.717, 1.165) is 0 Å². The smallest absolute Gasteiger partial charge is 0.175 e. The third-order valence-electron chi connectivity index (χ3n) is 7.25. The van der Waals surface area contributed by atoms with Gasteiger partial charge < -0.3 is 20.2 Å². The molecule has 3 heterocycles. The molecule has 0 amide bonds. The van der Waals surface area contributed by atoms with Crippen molar-refractivity contribution in [3.8, 4) is 17.0 Å². The predicted octanol–water partition coefficient (Wildman–Crippen LogP) is 4.84. The molecule has 0 radical (unpaired) electrons. The zero-order valence-electron chi connectivity index (χ0n) is 21.1. The van der Waals surface area contributed by atoms with E-state index in [-0.39, 0.29) is 29.5 Å². The van der Waals surface area contributed by atoms with Gasteiger partial charge in [0.05, 0.1) is 17.6 Å². The third-order valence-corrected chi connectivity index (χ3v) is 7.25. The van der Waals surface area contributed by atoms with Crippen molar-refractivity contribution in [3.05, 3.63) is 53.5 Å². The number of piperidine rings is 1. The zero-order chi connectivity index (χ0) is 26.5. The average Bonchev–Trinajstić information content (AvgIpc) is 2.88. The van der Waals surface area contributed by atoms with Crippen molar-refractivity contribution in [1.29, 1.82) is 0 Å². The van der Waals surface area contributed by atoms with Gasteiger partial charge in [-0.2, -0.15) is 0 Å². The SMILES string of the molecule is CCc1c(F)ccc2cc(O)cc(-c3ncc4c(N5CCC(O)(CO)CC5)nc(C(C)C)nc4c3F)c12. The van der Waals surface area contributed by atoms with Crippen LogP contribution < -0.4 is 4.90 Å². The monoisotopic (exact) mass is 508 g/mol. The number of pyridine rings is 1. The number of benzene rings is 2. The van der Waals surface area contributed by atoms with E-state index in [1.54, 1.807) is 6.07 Å². The van der Waals surface area contributed by atoms with Crippen LogP contribution in [-0.4, -0.2) is 55.6 Å². The molecule has 0 atom stereocenters. The Labute approximate surface area is 213 Å². The van der Waals surface area contributed by atoms with Gasteiger partial charge >= 0.3 is 0 Å². The summed E-state index contributed by atoms with van der Waals surface area (Å²) in [5, 5.41) is 31.9. The highest BCUT2D eigenvalue weighted by molar-refractivity contribution is 6.01. The van der Waals surface area contributed by atoms with Crippen LogP contribution in [0.2, 0.25) is 0 Å². The molecule has 1 fully saturated rings. The lowest BCUT2D eigenvalue weighted by Gasteiger charge is -2.38. The predicted molar refractivity (Wildman–Crippen MR) is 139 cm³/mol. The van der Waals surface area contributed by atoms with Gasteiger partial charge in [-0.1, -0.05) is 26.8 Å². The fourth-order valence-corrected chi connectivity index (χ4v) is 5.07. The van der Waals surface area contributed by atoms with Crippen LogP contribution in [0, 0.1) is 11.6 Å². The summed E-state index contributed by atoms with van der Waals surface area (Å²) in [7, 11) is 0. The van der Waals surface area contributed by atoms with Crippen molar-refractivity contribution in [3.63, 3.8) is 0 Å². The summed E-state index contributed by atoms with van der Waals surface area (Å²) in [5.41, 5.74) is -0.360. The number of aromatic nitrogens is 3. The number of fused-ring (bicyclic) bond motifs is 2. The fraction of sp³-hybridized carbons (Fsp3) is 0.393. The quantitative estimate of drug-likeness (QED) is 0.355. The molecule has 194 valence electrons. The number of aliphatic hydroxyl groups is 2. The number of aryl methyl sites for hydroxylation is 1. The minimum Gasteiger partial charge on any atom is -0.508 e. The van der Waals surface area contributed by atoms with E-state index in [1.165, 1.54) is 24.4 Å². The largest absolute Gasteiger partial charge is 0.508 e. The molecule has 37 heavy (non-hydrogen) atoms. The number of rotatable bonds is 5. The van der Waals surface area contributed by atoms with E-state index in [0.29, 0.717) is 71.3 Å². The summed E-state index contributed by atoms with van der Waals surface area (Å²) in [6.45, 7) is 6.21. The average molecular weight is 509 g/mol. The highest BCUT2D eigenvalue weighted by Crippen LogP contribution is 2.39. The molecule has 0 unspecified atom stereocenters. The Morgan fingerprint density at radius 1 is 1.11 bits per heavy atom. The van der Waals surface area contributed by atoms with Gasteiger partial charge in [0.1, 0.15) is 34.4 Å². The molecule has 3 N–H and O–H groups in total. The topological polar surface area (TPSA) is 103 Å². The Bertz CT molecular complexity index is 1500. The van der Waals surface area contributed by atoms with Crippen LogP contribution in [0.3, 0.4) is 0 Å². The molecule has 0 aliphatic carbocycles. The molecule has 9 heteroatoms. The van der Waals surface area contributed by atoms with Gasteiger partial charge in [0, 0.05) is 30.8 Å². The molecular formula is C28H30F2N4O3. The van der Waals surface area contributed by atoms with Crippen LogP contribution in [0.25, 0.3) is 32.9 Å². The van der Waals surface area contributed by atoms with E-state index in [9.17, 15) is 19.7 Å². The van der Waals surface area contributed by atoms with Crippen molar-refractivity contribution in [1.82, 2.24) is 15.0 Å². The minimum atomic E-state index is -1.14. The van der Waals surface area contributed by atoms with Crippen LogP contribution in [0.5, 0.6) is 5.75 Å². The van der Waals surface area contributed by atoms with Gasteiger partial charge in [0.25, 0.3) is 0 Å². The molecule has 5 rings (SSSR count). The number of aliphatic hydroxyl groups excluding tert-OH is 1. The molecule has 2 aromatic heterocycles. The Morgan fingerprint density at radius 3 is 2.49 bits per heavy atom. The van der Waals surface area contributed by atoms with Crippen LogP contribution >= 0.6 is 0 Å². The summed E-state index contributed by atoms with van der Waals surface area (Å²) in [6.07, 6.45) is 2.59. The first-order valence-corrected chi connectivity index (χ1v) is 12.5. The summed E-state index contributed by atoms with van der Waals surface area (Å²) < 4.78 is 31.0. The standard InChI is InChI=1S/C28H30F2N4O3/c1-4-18-21(29)6-5-16-11-17(36)12-19(22(16)18)24-23(30)25-20(13-31-24)27(33-26(32-25)15(2)3)34-9-7-28(37,14-35)8-10-34/h5-6,11-13,15,35-37H,4,7-10,14H2,1-3H3. The van der Waals surface area contributed by atoms with Gasteiger partial charge in [-0.3, -0.25) is 4.98 Å². The molecule has 0 saturated carbocycles. The lowest BCUT2D eigenvalue weighted by Crippen LogP contribution is -2.47. The van der Waals surface area contributed by atoms with Crippen molar-refractivity contribution in [2.45, 2.75) is 51.6 Å². The number of hydrogen-bond acceptors (Lipinski definition) is 7. The lowest BCUT2D eigenvalue weighted by atomic mass is 9.92. The van der Waals surface area contributed by atoms with E-state index >= 15 is 4.39 Å². The van der Waals surface area contributed by atoms with Gasteiger partial charge in [-0.15, -0.1) is 0 Å². The molecule has 0 spiro atoms. The molecule has 1 saturated heterocycles. The van der Waals surface area contributed by atoms with Gasteiger partial charge in [0.2, 0.25) is 0 Å². The minimum absolute atomic E-state index is 0.0265. The first-order chi connectivity index (χ1) is 17.7. The van der Waals surface area contributed by atoms with Crippen LogP contribution in [0.15, 0.2) is 30.5 Å². The summed E-state index contributed by atoms with van der Waals surface area (Å²) in [4.78, 5) is 15.7. The maximum absolute atomic E-state index is 16.3. The summed E-state index contributed by atoms with van der Waals surface area (Å²) in [5.74, 6) is -0.252. The first-order valence-electron chi connectivity index (χ1n) is 12.5. The molecule has 0 bridgehead atoms. The Morgan fingerprint density at radius 2 is 1.84 bits per heavy atom. The van der Waals surface area contributed by atoms with E-state index < -0.39 is 17.2 Å². The van der Waals surface area contributed by atoms with Gasteiger partial charge in [-0.05, 0) is 53.8 Å². The second kappa shape index (κ2) is 9.46. The van der Waals surface area contributed by atoms with E-state index in [4.69, 9.17) is 4.98 Å². The van der Waals surface area contributed by atoms with Crippen molar-refractivity contribution >= 4 is 27.5 Å². The molecule has 7 nitrogen and oxygen atoms in total. The maximum Gasteiger partial charge on any atom is 0.175 e. The molecule has 1 aliphatic heterocycles. The summed E-state index contributed by atoms with van der Waals surface area (Å²) in [6, 6.07) is 5.84. The van der Waals surface area contributed by atoms with Crippen molar-refractivity contribution in [2.75, 3.05) is 24.6 Å². The summed E-state index contributed by atoms with van der Waals surface area (Å²) >= 11 is 0. The van der Waals surface area contributed by atoms with Crippen LogP contribution in [0.4, 0.5) is 14.6 Å². The number of aromatic hydroxyl groups is 1. The molecule has 2 aromatic carbocycles. The van der Waals surface area contributed by atoms with Crippen molar-refractivity contribution in [2.24, 2.45) is 0 Å². The Kier molecular flexibility index (Phi) is 6.45. The number of anilines is 1. The van der Waals surface area contributed by atoms with Gasteiger partial charge in [-0.25, -0.2) is 18.7 Å². The fourth-order valence-electron chi connectivity index (χ4n) is 5.07. The van der Waals surface area contributed by atoms with Gasteiger partial charge in [0.15, 0.2) is 5.82 Å². The third kappa shape index (κ3) is 4.36. The van der Waals surface area contributed by atoms with Crippen LogP contribution in [-0.2, 0) is 6.42 Å². The van der Waals surface area contributed by atoms with E-state index in [2.05, 4.69) is 9.97 Å². The number of hydrogen-bond donors (Lipinski definition) is 3. The number of phenols is 1. The molecular weight excluding hydrogens is 478 g/mol. The second-order valence-corrected chi connectivity index (χ2v) is 10.1. The van der Waals surface area contributed by atoms with Crippen molar-refractivity contribution < 1.29 is 24.1 Å². The normalized spacial score (nSPS) is 15.7. The zero-order valence-corrected chi connectivity index (χ0v) is 21.1. The Hall–Kier alpha value is -3.43. The number of halogens is 2. The molecule has 4 aromatic rings. The highest BCUT2D eigenvalue weighted by atomic mass is 19.1. The lowest BCUT2D eigenvalue weighted by molar-refractivity contribution is -0.0326. The maximum atomic E-state index is 16.3. The number of nitrogens with zero attached hydrogens (tertiary/aromatic N) is 4. The molecule has 1 aliphatic rings. The van der Waals surface area contributed by atoms with E-state index in [1.807, 2.05) is 25.7 Å². The Balaban J connectivity index is 1.73. The second-order valence-electron chi connectivity index (χ2n) is 10.1. The highest BCUT2D eigenvalue weighted by Gasteiger charge is 2.33.